The third kappa shape index (κ3) is 3.37. The van der Waals surface area contributed by atoms with Crippen molar-refractivity contribution in [2.45, 2.75) is 37.5 Å². The normalized spacial score (nSPS) is 20.7. The fourth-order valence-electron chi connectivity index (χ4n) is 5.08. The average Bonchev–Trinajstić information content (AvgIpc) is 3.33. The number of piperidine rings is 1. The Morgan fingerprint density at radius 1 is 0.926 bits per heavy atom. The number of aromatic nitrogens is 1. The van der Waals surface area contributed by atoms with Crippen LogP contribution in [0.1, 0.15) is 48.6 Å². The van der Waals surface area contributed by atoms with Gasteiger partial charge in [0.2, 0.25) is 0 Å². The molecule has 2 aromatic carbocycles. The summed E-state index contributed by atoms with van der Waals surface area (Å²) < 4.78 is 0. The van der Waals surface area contributed by atoms with Gasteiger partial charge in [-0.3, -0.25) is 0 Å². The highest BCUT2D eigenvalue weighted by atomic mass is 15.1. The highest BCUT2D eigenvalue weighted by Gasteiger charge is 2.24. The Morgan fingerprint density at radius 2 is 1.74 bits per heavy atom. The highest BCUT2D eigenvalue weighted by Crippen LogP contribution is 2.35. The zero-order valence-electron chi connectivity index (χ0n) is 16.0. The van der Waals surface area contributed by atoms with Crippen molar-refractivity contribution in [1.82, 2.24) is 9.88 Å². The number of hydrogen-bond donors (Lipinski definition) is 2. The summed E-state index contributed by atoms with van der Waals surface area (Å²) in [6.45, 7) is 4.84. The van der Waals surface area contributed by atoms with Gasteiger partial charge in [0, 0.05) is 35.2 Å². The minimum Gasteiger partial charge on any atom is -0.384 e. The Bertz CT molecular complexity index is 905. The average molecular weight is 360 g/mol. The van der Waals surface area contributed by atoms with Crippen LogP contribution in [-0.4, -0.2) is 36.1 Å². The summed E-state index contributed by atoms with van der Waals surface area (Å²) in [5.41, 5.74) is 5.68. The van der Waals surface area contributed by atoms with Crippen LogP contribution in [0.25, 0.3) is 10.9 Å². The number of H-pyrrole nitrogens is 1. The van der Waals surface area contributed by atoms with E-state index in [2.05, 4.69) is 69.9 Å². The topological polar surface area (TPSA) is 31.1 Å². The molecule has 3 heteroatoms. The molecule has 2 aliphatic rings. The number of rotatable bonds is 5. The van der Waals surface area contributed by atoms with Gasteiger partial charge in [-0.1, -0.05) is 36.4 Å². The van der Waals surface area contributed by atoms with Gasteiger partial charge >= 0.3 is 0 Å². The summed E-state index contributed by atoms with van der Waals surface area (Å²) >= 11 is 0. The Hall–Kier alpha value is -2.26. The zero-order chi connectivity index (χ0) is 18.1. The molecule has 1 aromatic heterocycles. The van der Waals surface area contributed by atoms with E-state index in [4.69, 9.17) is 0 Å². The lowest BCUT2D eigenvalue weighted by molar-refractivity contribution is 0.208. The SMILES string of the molecule is c1ccc2c(c1)NCC2CCCN1CCC(c2c[nH]c3ccccc23)CC1. The number of nitrogens with zero attached hydrogens (tertiary/aromatic N) is 1. The fourth-order valence-corrected chi connectivity index (χ4v) is 5.08. The molecule has 1 unspecified atom stereocenters. The van der Waals surface area contributed by atoms with Crippen molar-refractivity contribution < 1.29 is 0 Å². The molecular formula is C24H29N3. The lowest BCUT2D eigenvalue weighted by Gasteiger charge is -2.32. The molecule has 0 radical (unpaired) electrons. The molecule has 1 saturated heterocycles. The zero-order valence-corrected chi connectivity index (χ0v) is 16.0. The van der Waals surface area contributed by atoms with Crippen LogP contribution >= 0.6 is 0 Å². The van der Waals surface area contributed by atoms with Gasteiger partial charge in [0.25, 0.3) is 0 Å². The molecule has 3 heterocycles. The van der Waals surface area contributed by atoms with Crippen molar-refractivity contribution >= 4 is 16.6 Å². The predicted octanol–water partition coefficient (Wildman–Crippen LogP) is 5.34. The van der Waals surface area contributed by atoms with E-state index in [1.807, 2.05) is 0 Å². The molecular weight excluding hydrogens is 330 g/mol. The Balaban J connectivity index is 1.12. The van der Waals surface area contributed by atoms with Gasteiger partial charge in [-0.2, -0.15) is 0 Å². The van der Waals surface area contributed by atoms with Crippen molar-refractivity contribution in [3.63, 3.8) is 0 Å². The van der Waals surface area contributed by atoms with E-state index in [9.17, 15) is 0 Å². The number of nitrogens with one attached hydrogen (secondary N) is 2. The molecule has 3 aromatic rings. The molecule has 140 valence electrons. The van der Waals surface area contributed by atoms with E-state index in [0.29, 0.717) is 11.8 Å². The lowest BCUT2D eigenvalue weighted by atomic mass is 9.89. The summed E-state index contributed by atoms with van der Waals surface area (Å²) in [6, 6.07) is 17.5. The largest absolute Gasteiger partial charge is 0.384 e. The molecule has 1 atom stereocenters. The van der Waals surface area contributed by atoms with Gasteiger partial charge in [0.15, 0.2) is 0 Å². The number of anilines is 1. The number of hydrogen-bond acceptors (Lipinski definition) is 2. The Labute approximate surface area is 161 Å². The lowest BCUT2D eigenvalue weighted by Crippen LogP contribution is -2.33. The standard InChI is InChI=1S/C24H29N3/c1-3-9-23-20(7-1)19(16-25-23)6-5-13-27-14-11-18(12-15-27)22-17-26-24-10-4-2-8-21(22)24/h1-4,7-10,17-19,25-26H,5-6,11-16H2. The predicted molar refractivity (Wildman–Crippen MR) is 114 cm³/mol. The molecule has 27 heavy (non-hydrogen) atoms. The maximum Gasteiger partial charge on any atom is 0.0456 e. The molecule has 0 spiro atoms. The summed E-state index contributed by atoms with van der Waals surface area (Å²) in [5.74, 6) is 1.41. The molecule has 3 nitrogen and oxygen atoms in total. The Kier molecular flexibility index (Phi) is 4.62. The minimum atomic E-state index is 0.699. The van der Waals surface area contributed by atoms with Gasteiger partial charge in [0.1, 0.15) is 0 Å². The minimum absolute atomic E-state index is 0.699. The Morgan fingerprint density at radius 3 is 2.67 bits per heavy atom. The molecule has 2 N–H and O–H groups in total. The van der Waals surface area contributed by atoms with E-state index in [0.717, 1.165) is 6.54 Å². The molecule has 0 saturated carbocycles. The van der Waals surface area contributed by atoms with Crippen LogP contribution in [0.15, 0.2) is 54.7 Å². The van der Waals surface area contributed by atoms with E-state index >= 15 is 0 Å². The quantitative estimate of drug-likeness (QED) is 0.644. The number of aromatic amines is 1. The summed E-state index contributed by atoms with van der Waals surface area (Å²) in [6.07, 6.45) is 7.42. The first-order valence-corrected chi connectivity index (χ1v) is 10.5. The monoisotopic (exact) mass is 359 g/mol. The van der Waals surface area contributed by atoms with E-state index < -0.39 is 0 Å². The first kappa shape index (κ1) is 16.9. The number of para-hydroxylation sites is 2. The highest BCUT2D eigenvalue weighted by molar-refractivity contribution is 5.83. The van der Waals surface area contributed by atoms with Crippen LogP contribution in [0.2, 0.25) is 0 Å². The smallest absolute Gasteiger partial charge is 0.0456 e. The third-order valence-electron chi connectivity index (χ3n) is 6.62. The van der Waals surface area contributed by atoms with Crippen molar-refractivity contribution in [2.75, 3.05) is 31.5 Å². The number of likely N-dealkylation sites (tertiary alicyclic amines) is 1. The van der Waals surface area contributed by atoms with Crippen LogP contribution in [0, 0.1) is 0 Å². The summed E-state index contributed by atoms with van der Waals surface area (Å²) in [7, 11) is 0. The van der Waals surface area contributed by atoms with Gasteiger partial charge in [-0.15, -0.1) is 0 Å². The maximum atomic E-state index is 3.56. The van der Waals surface area contributed by atoms with Gasteiger partial charge in [-0.25, -0.2) is 0 Å². The van der Waals surface area contributed by atoms with Crippen molar-refractivity contribution in [3.05, 3.63) is 65.9 Å². The second-order valence-corrected chi connectivity index (χ2v) is 8.21. The number of benzene rings is 2. The van der Waals surface area contributed by atoms with Crippen molar-refractivity contribution in [2.24, 2.45) is 0 Å². The van der Waals surface area contributed by atoms with Crippen molar-refractivity contribution in [1.29, 1.82) is 0 Å². The van der Waals surface area contributed by atoms with E-state index in [1.165, 1.54) is 73.0 Å². The van der Waals surface area contributed by atoms with Gasteiger partial charge < -0.3 is 15.2 Å². The molecule has 0 bridgehead atoms. The van der Waals surface area contributed by atoms with Crippen LogP contribution in [-0.2, 0) is 0 Å². The number of fused-ring (bicyclic) bond motifs is 2. The second-order valence-electron chi connectivity index (χ2n) is 8.21. The second kappa shape index (κ2) is 7.40. The summed E-state index contributed by atoms with van der Waals surface area (Å²) in [5, 5.41) is 4.98. The van der Waals surface area contributed by atoms with E-state index in [-0.39, 0.29) is 0 Å². The molecule has 0 aliphatic carbocycles. The molecule has 2 aliphatic heterocycles. The molecule has 0 amide bonds. The van der Waals surface area contributed by atoms with E-state index in [1.54, 1.807) is 0 Å². The van der Waals surface area contributed by atoms with Crippen LogP contribution < -0.4 is 5.32 Å². The third-order valence-corrected chi connectivity index (χ3v) is 6.62. The maximum absolute atomic E-state index is 3.56. The fraction of sp³-hybridized carbons (Fsp3) is 0.417. The van der Waals surface area contributed by atoms with Crippen molar-refractivity contribution in [3.8, 4) is 0 Å². The van der Waals surface area contributed by atoms with Gasteiger partial charge in [0.05, 0.1) is 0 Å². The summed E-state index contributed by atoms with van der Waals surface area (Å²) in [4.78, 5) is 6.13. The molecule has 1 fully saturated rings. The first-order chi connectivity index (χ1) is 13.4. The van der Waals surface area contributed by atoms with Gasteiger partial charge in [-0.05, 0) is 74.5 Å². The first-order valence-electron chi connectivity index (χ1n) is 10.5. The van der Waals surface area contributed by atoms with Crippen LogP contribution in [0.3, 0.4) is 0 Å². The molecule has 5 rings (SSSR count). The van der Waals surface area contributed by atoms with Crippen LogP contribution in [0.4, 0.5) is 5.69 Å². The van der Waals surface area contributed by atoms with Crippen LogP contribution in [0.5, 0.6) is 0 Å².